The molecule has 2 atom stereocenters. The molecule has 1 aromatic heterocycles. The van der Waals surface area contributed by atoms with Gasteiger partial charge in [-0.15, -0.1) is 0 Å². The highest BCUT2D eigenvalue weighted by atomic mass is 16.1. The van der Waals surface area contributed by atoms with Crippen LogP contribution in [0.1, 0.15) is 26.2 Å². The minimum absolute atomic E-state index is 0.205. The van der Waals surface area contributed by atoms with E-state index in [1.807, 2.05) is 13.0 Å². The van der Waals surface area contributed by atoms with Crippen LogP contribution in [0.5, 0.6) is 0 Å². The Balaban J connectivity index is 1.69. The fourth-order valence-corrected chi connectivity index (χ4v) is 3.09. The Morgan fingerprint density at radius 3 is 3.25 bits per heavy atom. The Kier molecular flexibility index (Phi) is 3.71. The van der Waals surface area contributed by atoms with Gasteiger partial charge < -0.3 is 15.5 Å². The molecule has 2 N–H and O–H groups in total. The van der Waals surface area contributed by atoms with Crippen molar-refractivity contribution >= 4 is 17.7 Å². The molecule has 0 bridgehead atoms. The summed E-state index contributed by atoms with van der Waals surface area (Å²) in [5.74, 6) is 2.41. The van der Waals surface area contributed by atoms with E-state index >= 15 is 0 Å². The van der Waals surface area contributed by atoms with Gasteiger partial charge in [-0.05, 0) is 31.7 Å². The molecule has 0 aromatic carbocycles. The van der Waals surface area contributed by atoms with Gasteiger partial charge in [0.25, 0.3) is 0 Å². The number of carbonyl (C=O) groups is 1. The average molecular weight is 275 g/mol. The summed E-state index contributed by atoms with van der Waals surface area (Å²) in [6.45, 7) is 4.75. The molecule has 0 aliphatic carbocycles. The van der Waals surface area contributed by atoms with Crippen LogP contribution in [-0.4, -0.2) is 41.6 Å². The zero-order valence-corrected chi connectivity index (χ0v) is 11.8. The summed E-state index contributed by atoms with van der Waals surface area (Å²) in [6.07, 6.45) is 4.44. The second-order valence-corrected chi connectivity index (χ2v) is 5.48. The van der Waals surface area contributed by atoms with Crippen LogP contribution < -0.4 is 15.5 Å². The number of rotatable bonds is 3. The van der Waals surface area contributed by atoms with Gasteiger partial charge in [-0.1, -0.05) is 0 Å². The number of amides is 1. The summed E-state index contributed by atoms with van der Waals surface area (Å²) >= 11 is 0. The number of fused-ring (bicyclic) bond motifs is 1. The molecule has 3 rings (SSSR count). The van der Waals surface area contributed by atoms with Gasteiger partial charge in [-0.3, -0.25) is 4.79 Å². The van der Waals surface area contributed by atoms with E-state index < -0.39 is 0 Å². The minimum Gasteiger partial charge on any atom is -0.356 e. The normalized spacial score (nSPS) is 25.9. The number of piperidine rings is 2. The van der Waals surface area contributed by atoms with Gasteiger partial charge >= 0.3 is 0 Å². The average Bonchev–Trinajstić information content (AvgIpc) is 2.47. The van der Waals surface area contributed by atoms with Crippen molar-refractivity contribution in [1.29, 1.82) is 0 Å². The molecule has 20 heavy (non-hydrogen) atoms. The van der Waals surface area contributed by atoms with E-state index in [0.29, 0.717) is 24.3 Å². The van der Waals surface area contributed by atoms with Gasteiger partial charge in [0.05, 0.1) is 0 Å². The molecule has 2 saturated heterocycles. The molecule has 1 aromatic rings. The predicted octanol–water partition coefficient (Wildman–Crippen LogP) is 1.01. The maximum atomic E-state index is 11.4. The van der Waals surface area contributed by atoms with Crippen LogP contribution in [0.2, 0.25) is 0 Å². The van der Waals surface area contributed by atoms with Gasteiger partial charge in [0.2, 0.25) is 11.9 Å². The second kappa shape index (κ2) is 5.64. The first-order chi connectivity index (χ1) is 9.76. The lowest BCUT2D eigenvalue weighted by Gasteiger charge is -2.41. The molecular formula is C14H21N5O. The van der Waals surface area contributed by atoms with Crippen molar-refractivity contribution in [1.82, 2.24) is 15.3 Å². The van der Waals surface area contributed by atoms with Crippen molar-refractivity contribution in [2.45, 2.75) is 32.2 Å². The van der Waals surface area contributed by atoms with Crippen LogP contribution in [0, 0.1) is 5.92 Å². The number of nitrogens with zero attached hydrogens (tertiary/aromatic N) is 3. The summed E-state index contributed by atoms with van der Waals surface area (Å²) in [5, 5.41) is 6.25. The van der Waals surface area contributed by atoms with Crippen LogP contribution >= 0.6 is 0 Å². The van der Waals surface area contributed by atoms with Crippen molar-refractivity contribution in [2.75, 3.05) is 29.9 Å². The van der Waals surface area contributed by atoms with Crippen LogP contribution in [-0.2, 0) is 4.79 Å². The fourth-order valence-electron chi connectivity index (χ4n) is 3.09. The quantitative estimate of drug-likeness (QED) is 0.861. The molecule has 6 nitrogen and oxygen atoms in total. The molecule has 3 heterocycles. The van der Waals surface area contributed by atoms with Crippen LogP contribution in [0.25, 0.3) is 0 Å². The number of carbonyl (C=O) groups excluding carboxylic acids is 1. The highest BCUT2D eigenvalue weighted by Gasteiger charge is 2.34. The van der Waals surface area contributed by atoms with Gasteiger partial charge in [-0.2, -0.15) is 4.98 Å². The zero-order valence-electron chi connectivity index (χ0n) is 11.8. The smallest absolute Gasteiger partial charge is 0.224 e. The maximum Gasteiger partial charge on any atom is 0.224 e. The van der Waals surface area contributed by atoms with Crippen molar-refractivity contribution in [3.63, 3.8) is 0 Å². The Morgan fingerprint density at radius 2 is 2.40 bits per heavy atom. The lowest BCUT2D eigenvalue weighted by Crippen LogP contribution is -2.54. The SMILES string of the molecule is CCNc1nccc(N2CCC3NC(=O)CCC3C2)n1. The van der Waals surface area contributed by atoms with Gasteiger partial charge in [0, 0.05) is 38.3 Å². The molecular weight excluding hydrogens is 254 g/mol. The standard InChI is InChI=1S/C14H21N5O/c1-2-15-14-16-7-5-12(18-14)19-8-6-11-10(9-19)3-4-13(20)17-11/h5,7,10-11H,2-4,6,8-9H2,1H3,(H,17,20)(H,15,16,18). The maximum absolute atomic E-state index is 11.4. The van der Waals surface area contributed by atoms with E-state index in [2.05, 4.69) is 25.5 Å². The van der Waals surface area contributed by atoms with Crippen molar-refractivity contribution < 1.29 is 4.79 Å². The number of hydrogen-bond donors (Lipinski definition) is 2. The highest BCUT2D eigenvalue weighted by Crippen LogP contribution is 2.27. The molecule has 2 aliphatic rings. The summed E-state index contributed by atoms with van der Waals surface area (Å²) in [6, 6.07) is 2.31. The zero-order chi connectivity index (χ0) is 13.9. The molecule has 1 amide bonds. The van der Waals surface area contributed by atoms with E-state index in [9.17, 15) is 4.79 Å². The lowest BCUT2D eigenvalue weighted by atomic mass is 9.85. The lowest BCUT2D eigenvalue weighted by molar-refractivity contribution is -0.124. The second-order valence-electron chi connectivity index (χ2n) is 5.48. The summed E-state index contributed by atoms with van der Waals surface area (Å²) < 4.78 is 0. The summed E-state index contributed by atoms with van der Waals surface area (Å²) in [4.78, 5) is 22.5. The molecule has 2 aliphatic heterocycles. The number of anilines is 2. The monoisotopic (exact) mass is 275 g/mol. The van der Waals surface area contributed by atoms with E-state index in [0.717, 1.165) is 38.3 Å². The third-order valence-corrected chi connectivity index (χ3v) is 4.12. The molecule has 2 unspecified atom stereocenters. The molecule has 0 spiro atoms. The van der Waals surface area contributed by atoms with Gasteiger partial charge in [-0.25, -0.2) is 4.98 Å². The Bertz CT molecular complexity index is 492. The third-order valence-electron chi connectivity index (χ3n) is 4.12. The molecule has 0 radical (unpaired) electrons. The Hall–Kier alpha value is -1.85. The van der Waals surface area contributed by atoms with Gasteiger partial charge in [0.15, 0.2) is 0 Å². The van der Waals surface area contributed by atoms with E-state index in [4.69, 9.17) is 0 Å². The fraction of sp³-hybridized carbons (Fsp3) is 0.643. The topological polar surface area (TPSA) is 70.2 Å². The van der Waals surface area contributed by atoms with Crippen LogP contribution in [0.4, 0.5) is 11.8 Å². The Labute approximate surface area is 119 Å². The predicted molar refractivity (Wildman–Crippen MR) is 77.7 cm³/mol. The third kappa shape index (κ3) is 2.69. The molecule has 6 heteroatoms. The van der Waals surface area contributed by atoms with E-state index in [1.165, 1.54) is 0 Å². The van der Waals surface area contributed by atoms with Crippen molar-refractivity contribution in [2.24, 2.45) is 5.92 Å². The number of hydrogen-bond acceptors (Lipinski definition) is 5. The highest BCUT2D eigenvalue weighted by molar-refractivity contribution is 5.77. The largest absolute Gasteiger partial charge is 0.356 e. The van der Waals surface area contributed by atoms with Crippen LogP contribution in [0.3, 0.4) is 0 Å². The molecule has 108 valence electrons. The molecule has 0 saturated carbocycles. The van der Waals surface area contributed by atoms with Crippen molar-refractivity contribution in [3.8, 4) is 0 Å². The Morgan fingerprint density at radius 1 is 1.50 bits per heavy atom. The molecule has 2 fully saturated rings. The minimum atomic E-state index is 0.205. The first-order valence-corrected chi connectivity index (χ1v) is 7.37. The number of aromatic nitrogens is 2. The van der Waals surface area contributed by atoms with E-state index in [-0.39, 0.29) is 5.91 Å². The van der Waals surface area contributed by atoms with Gasteiger partial charge in [0.1, 0.15) is 5.82 Å². The summed E-state index contributed by atoms with van der Waals surface area (Å²) in [7, 11) is 0. The first kappa shape index (κ1) is 13.1. The van der Waals surface area contributed by atoms with E-state index in [1.54, 1.807) is 6.20 Å². The number of nitrogens with one attached hydrogen (secondary N) is 2. The summed E-state index contributed by atoms with van der Waals surface area (Å²) in [5.41, 5.74) is 0. The van der Waals surface area contributed by atoms with Crippen molar-refractivity contribution in [3.05, 3.63) is 12.3 Å². The van der Waals surface area contributed by atoms with Crippen LogP contribution in [0.15, 0.2) is 12.3 Å². The first-order valence-electron chi connectivity index (χ1n) is 7.37.